The topological polar surface area (TPSA) is 54.5 Å². The van der Waals surface area contributed by atoms with Gasteiger partial charge in [0.2, 0.25) is 5.91 Å². The summed E-state index contributed by atoms with van der Waals surface area (Å²) >= 11 is 0. The number of hydrogen-bond acceptors (Lipinski definition) is 4. The van der Waals surface area contributed by atoms with Crippen LogP contribution in [0.1, 0.15) is 25.0 Å². The second-order valence-electron chi connectivity index (χ2n) is 5.48. The lowest BCUT2D eigenvalue weighted by molar-refractivity contribution is -0.126. The molecule has 2 aliphatic rings. The molecule has 1 aliphatic heterocycles. The van der Waals surface area contributed by atoms with Crippen LogP contribution in [0.3, 0.4) is 0 Å². The van der Waals surface area contributed by atoms with Gasteiger partial charge < -0.3 is 10.1 Å². The van der Waals surface area contributed by atoms with E-state index in [9.17, 15) is 4.79 Å². The summed E-state index contributed by atoms with van der Waals surface area (Å²) in [5, 5.41) is 2.94. The van der Waals surface area contributed by atoms with Gasteiger partial charge in [0.1, 0.15) is 0 Å². The molecule has 0 bridgehead atoms. The zero-order chi connectivity index (χ0) is 13.8. The van der Waals surface area contributed by atoms with Crippen molar-refractivity contribution in [1.29, 1.82) is 0 Å². The quantitative estimate of drug-likeness (QED) is 0.889. The molecule has 1 saturated carbocycles. The lowest BCUT2D eigenvalue weighted by Crippen LogP contribution is -2.51. The van der Waals surface area contributed by atoms with Crippen molar-refractivity contribution in [2.75, 3.05) is 19.7 Å². The highest BCUT2D eigenvalue weighted by molar-refractivity contribution is 5.78. The fourth-order valence-electron chi connectivity index (χ4n) is 3.13. The van der Waals surface area contributed by atoms with E-state index in [1.165, 1.54) is 6.42 Å². The molecule has 5 nitrogen and oxygen atoms in total. The van der Waals surface area contributed by atoms with Crippen molar-refractivity contribution in [2.24, 2.45) is 0 Å². The maximum absolute atomic E-state index is 12.1. The highest BCUT2D eigenvalue weighted by Gasteiger charge is 2.36. The fraction of sp³-hybridized carbons (Fsp3) is 0.600. The van der Waals surface area contributed by atoms with Crippen LogP contribution in [0.2, 0.25) is 0 Å². The lowest BCUT2D eigenvalue weighted by Gasteiger charge is -2.37. The minimum atomic E-state index is 0.0724. The van der Waals surface area contributed by atoms with E-state index < -0.39 is 0 Å². The highest BCUT2D eigenvalue weighted by atomic mass is 16.5. The SMILES string of the molecule is O=C(CN1CCO[C@@H]2CCC[C@@H]21)NCc1ccccn1. The van der Waals surface area contributed by atoms with E-state index in [4.69, 9.17) is 4.74 Å². The molecule has 1 N–H and O–H groups in total. The standard InChI is InChI=1S/C15H21N3O2/c19-15(17-10-12-4-1-2-7-16-12)11-18-8-9-20-14-6-3-5-13(14)18/h1-2,4,7,13-14H,3,5-6,8-11H2,(H,17,19)/t13-,14+/m0/s1. The Labute approximate surface area is 119 Å². The summed E-state index contributed by atoms with van der Waals surface area (Å²) < 4.78 is 5.76. The molecule has 2 fully saturated rings. The van der Waals surface area contributed by atoms with Gasteiger partial charge in [-0.25, -0.2) is 0 Å². The number of carbonyl (C=O) groups excluding carboxylic acids is 1. The molecule has 1 saturated heterocycles. The minimum absolute atomic E-state index is 0.0724. The van der Waals surface area contributed by atoms with E-state index in [0.717, 1.165) is 31.7 Å². The number of fused-ring (bicyclic) bond motifs is 1. The van der Waals surface area contributed by atoms with Crippen LogP contribution in [0.15, 0.2) is 24.4 Å². The van der Waals surface area contributed by atoms with Crippen LogP contribution in [0.5, 0.6) is 0 Å². The minimum Gasteiger partial charge on any atom is -0.375 e. The summed E-state index contributed by atoms with van der Waals surface area (Å²) in [7, 11) is 0. The normalized spacial score (nSPS) is 26.2. The third kappa shape index (κ3) is 3.16. The number of aromatic nitrogens is 1. The molecule has 0 unspecified atom stereocenters. The monoisotopic (exact) mass is 275 g/mol. The van der Waals surface area contributed by atoms with Crippen LogP contribution in [-0.2, 0) is 16.1 Å². The second-order valence-corrected chi connectivity index (χ2v) is 5.48. The zero-order valence-electron chi connectivity index (χ0n) is 11.6. The largest absolute Gasteiger partial charge is 0.375 e. The Morgan fingerprint density at radius 1 is 1.45 bits per heavy atom. The molecular weight excluding hydrogens is 254 g/mol. The summed E-state index contributed by atoms with van der Waals surface area (Å²) in [4.78, 5) is 18.5. The zero-order valence-corrected chi connectivity index (χ0v) is 11.6. The van der Waals surface area contributed by atoms with Crippen LogP contribution in [0, 0.1) is 0 Å². The molecule has 3 rings (SSSR count). The van der Waals surface area contributed by atoms with Gasteiger partial charge in [-0.3, -0.25) is 14.7 Å². The smallest absolute Gasteiger partial charge is 0.234 e. The first-order chi connectivity index (χ1) is 9.83. The third-order valence-electron chi connectivity index (χ3n) is 4.14. The summed E-state index contributed by atoms with van der Waals surface area (Å²) in [6.07, 6.45) is 5.58. The van der Waals surface area contributed by atoms with Crippen LogP contribution in [0.4, 0.5) is 0 Å². The van der Waals surface area contributed by atoms with Gasteiger partial charge in [0, 0.05) is 18.8 Å². The van der Waals surface area contributed by atoms with Gasteiger partial charge >= 0.3 is 0 Å². The van der Waals surface area contributed by atoms with Gasteiger partial charge in [-0.2, -0.15) is 0 Å². The van der Waals surface area contributed by atoms with Gasteiger partial charge in [0.15, 0.2) is 0 Å². The second kappa shape index (κ2) is 6.33. The Morgan fingerprint density at radius 2 is 2.40 bits per heavy atom. The van der Waals surface area contributed by atoms with Gasteiger partial charge in [0.05, 0.1) is 31.5 Å². The Balaban J connectivity index is 1.48. The van der Waals surface area contributed by atoms with Crippen LogP contribution in [-0.4, -0.2) is 47.6 Å². The summed E-state index contributed by atoms with van der Waals surface area (Å²) in [6.45, 7) is 2.57. The molecule has 1 aromatic heterocycles. The number of ether oxygens (including phenoxy) is 1. The number of amides is 1. The van der Waals surface area contributed by atoms with E-state index in [-0.39, 0.29) is 5.91 Å². The average Bonchev–Trinajstić information content (AvgIpc) is 2.96. The average molecular weight is 275 g/mol. The van der Waals surface area contributed by atoms with Crippen molar-refractivity contribution < 1.29 is 9.53 Å². The Bertz CT molecular complexity index is 452. The van der Waals surface area contributed by atoms with E-state index in [0.29, 0.717) is 25.2 Å². The van der Waals surface area contributed by atoms with Crippen molar-refractivity contribution in [3.05, 3.63) is 30.1 Å². The molecule has 108 valence electrons. The molecule has 0 aromatic carbocycles. The molecule has 2 atom stereocenters. The predicted molar refractivity (Wildman–Crippen MR) is 75.0 cm³/mol. The van der Waals surface area contributed by atoms with Crippen molar-refractivity contribution in [2.45, 2.75) is 38.0 Å². The lowest BCUT2D eigenvalue weighted by atomic mass is 10.1. The Morgan fingerprint density at radius 3 is 3.25 bits per heavy atom. The molecule has 5 heteroatoms. The molecule has 0 spiro atoms. The number of morpholine rings is 1. The van der Waals surface area contributed by atoms with E-state index in [1.54, 1.807) is 6.20 Å². The van der Waals surface area contributed by atoms with Crippen molar-refractivity contribution in [3.8, 4) is 0 Å². The van der Waals surface area contributed by atoms with Gasteiger partial charge in [0.25, 0.3) is 0 Å². The predicted octanol–water partition coefficient (Wildman–Crippen LogP) is 0.951. The van der Waals surface area contributed by atoms with Crippen molar-refractivity contribution >= 4 is 5.91 Å². The van der Waals surface area contributed by atoms with Gasteiger partial charge in [-0.05, 0) is 31.4 Å². The number of hydrogen-bond donors (Lipinski definition) is 1. The summed E-state index contributed by atoms with van der Waals surface area (Å²) in [5.41, 5.74) is 0.890. The first-order valence-electron chi connectivity index (χ1n) is 7.35. The van der Waals surface area contributed by atoms with E-state index >= 15 is 0 Å². The van der Waals surface area contributed by atoms with Gasteiger partial charge in [-0.1, -0.05) is 6.07 Å². The summed E-state index contributed by atoms with van der Waals surface area (Å²) in [5.74, 6) is 0.0724. The van der Waals surface area contributed by atoms with Crippen LogP contribution in [0.25, 0.3) is 0 Å². The summed E-state index contributed by atoms with van der Waals surface area (Å²) in [6, 6.07) is 6.16. The third-order valence-corrected chi connectivity index (χ3v) is 4.14. The number of rotatable bonds is 4. The van der Waals surface area contributed by atoms with E-state index in [1.807, 2.05) is 18.2 Å². The molecule has 2 heterocycles. The Hall–Kier alpha value is -1.46. The maximum atomic E-state index is 12.1. The molecule has 1 amide bonds. The molecule has 1 aliphatic carbocycles. The van der Waals surface area contributed by atoms with Crippen molar-refractivity contribution in [3.63, 3.8) is 0 Å². The van der Waals surface area contributed by atoms with E-state index in [2.05, 4.69) is 15.2 Å². The first-order valence-corrected chi connectivity index (χ1v) is 7.35. The molecule has 0 radical (unpaired) electrons. The molecule has 20 heavy (non-hydrogen) atoms. The molecular formula is C15H21N3O2. The number of carbonyl (C=O) groups is 1. The van der Waals surface area contributed by atoms with Crippen LogP contribution < -0.4 is 5.32 Å². The Kier molecular flexibility index (Phi) is 4.28. The van der Waals surface area contributed by atoms with Gasteiger partial charge in [-0.15, -0.1) is 0 Å². The number of pyridine rings is 1. The highest BCUT2D eigenvalue weighted by Crippen LogP contribution is 2.29. The fourth-order valence-corrected chi connectivity index (χ4v) is 3.13. The number of nitrogens with one attached hydrogen (secondary N) is 1. The molecule has 1 aromatic rings. The first kappa shape index (κ1) is 13.5. The van der Waals surface area contributed by atoms with Crippen molar-refractivity contribution in [1.82, 2.24) is 15.2 Å². The maximum Gasteiger partial charge on any atom is 0.234 e. The number of nitrogens with zero attached hydrogens (tertiary/aromatic N) is 2. The van der Waals surface area contributed by atoms with Crippen LogP contribution >= 0.6 is 0 Å².